The minimum Gasteiger partial charge on any atom is -0.276 e. The Kier molecular flexibility index (Phi) is 4.17. The number of benzene rings is 1. The molecule has 2 rings (SSSR count). The highest BCUT2D eigenvalue weighted by atomic mass is 79.9. The van der Waals surface area contributed by atoms with Gasteiger partial charge in [-0.15, -0.1) is 0 Å². The Balaban J connectivity index is 2.29. The zero-order valence-electron chi connectivity index (χ0n) is 9.97. The molecule has 0 saturated carbocycles. The Bertz CT molecular complexity index is 700. The van der Waals surface area contributed by atoms with Gasteiger partial charge in [-0.05, 0) is 41.1 Å². The molecule has 0 aliphatic heterocycles. The molecular weight excluding hydrogens is 354 g/mol. The van der Waals surface area contributed by atoms with Gasteiger partial charge in [-0.3, -0.25) is 9.40 Å². The molecular formula is C11H11BrClN3O2S. The van der Waals surface area contributed by atoms with Gasteiger partial charge in [0.1, 0.15) is 0 Å². The number of aryl methyl sites for hydroxylation is 1. The molecule has 0 aliphatic rings. The van der Waals surface area contributed by atoms with E-state index in [0.29, 0.717) is 21.7 Å². The molecule has 1 N–H and O–H groups in total. The number of hydrogen-bond donors (Lipinski definition) is 1. The molecule has 2 aromatic rings. The first-order chi connectivity index (χ1) is 8.92. The van der Waals surface area contributed by atoms with Crippen LogP contribution in [0, 0.1) is 0 Å². The quantitative estimate of drug-likeness (QED) is 0.906. The highest BCUT2D eigenvalue weighted by Gasteiger charge is 2.16. The van der Waals surface area contributed by atoms with Crippen LogP contribution in [0.3, 0.4) is 0 Å². The van der Waals surface area contributed by atoms with E-state index in [1.54, 1.807) is 10.9 Å². The van der Waals surface area contributed by atoms with Crippen molar-refractivity contribution in [3.63, 3.8) is 0 Å². The zero-order valence-corrected chi connectivity index (χ0v) is 13.1. The molecule has 0 unspecified atom stereocenters. The number of anilines is 1. The summed E-state index contributed by atoms with van der Waals surface area (Å²) >= 11 is 9.04. The van der Waals surface area contributed by atoms with E-state index in [1.807, 2.05) is 6.92 Å². The van der Waals surface area contributed by atoms with E-state index >= 15 is 0 Å². The Labute approximate surface area is 124 Å². The van der Waals surface area contributed by atoms with Crippen LogP contribution in [0.15, 0.2) is 40.0 Å². The average Bonchev–Trinajstić information content (AvgIpc) is 2.79. The summed E-state index contributed by atoms with van der Waals surface area (Å²) in [5, 5.41) is 4.46. The van der Waals surface area contributed by atoms with Gasteiger partial charge in [0.25, 0.3) is 10.0 Å². The molecule has 0 spiro atoms. The van der Waals surface area contributed by atoms with E-state index in [4.69, 9.17) is 11.6 Å². The number of halogens is 2. The molecule has 0 atom stereocenters. The van der Waals surface area contributed by atoms with Crippen LogP contribution in [-0.4, -0.2) is 18.2 Å². The lowest BCUT2D eigenvalue weighted by atomic mass is 10.4. The van der Waals surface area contributed by atoms with Gasteiger partial charge in [0.2, 0.25) is 0 Å². The van der Waals surface area contributed by atoms with E-state index in [2.05, 4.69) is 25.8 Å². The van der Waals surface area contributed by atoms with Crippen molar-refractivity contribution in [3.05, 3.63) is 40.1 Å². The van der Waals surface area contributed by atoms with Crippen molar-refractivity contribution < 1.29 is 8.42 Å². The molecule has 0 bridgehead atoms. The first-order valence-electron chi connectivity index (χ1n) is 5.42. The third kappa shape index (κ3) is 3.29. The van der Waals surface area contributed by atoms with Crippen LogP contribution in [0.2, 0.25) is 5.02 Å². The summed E-state index contributed by atoms with van der Waals surface area (Å²) in [5.41, 5.74) is 0.424. The number of nitrogens with one attached hydrogen (secondary N) is 1. The fraction of sp³-hybridized carbons (Fsp3) is 0.182. The Morgan fingerprint density at radius 1 is 1.47 bits per heavy atom. The monoisotopic (exact) mass is 363 g/mol. The van der Waals surface area contributed by atoms with Crippen molar-refractivity contribution in [2.45, 2.75) is 18.4 Å². The van der Waals surface area contributed by atoms with E-state index < -0.39 is 10.0 Å². The Morgan fingerprint density at radius 2 is 2.21 bits per heavy atom. The smallest absolute Gasteiger partial charge is 0.262 e. The summed E-state index contributed by atoms with van der Waals surface area (Å²) in [4.78, 5) is 0.132. The first-order valence-corrected chi connectivity index (χ1v) is 8.08. The number of aromatic nitrogens is 2. The molecule has 19 heavy (non-hydrogen) atoms. The molecule has 0 radical (unpaired) electrons. The number of rotatable bonds is 4. The number of hydrogen-bond acceptors (Lipinski definition) is 3. The predicted molar refractivity (Wildman–Crippen MR) is 77.9 cm³/mol. The lowest BCUT2D eigenvalue weighted by molar-refractivity contribution is 0.601. The second kappa shape index (κ2) is 5.52. The largest absolute Gasteiger partial charge is 0.276 e. The van der Waals surface area contributed by atoms with Crippen LogP contribution in [0.1, 0.15) is 6.92 Å². The zero-order chi connectivity index (χ0) is 14.0. The molecule has 1 heterocycles. The minimum absolute atomic E-state index is 0.132. The third-order valence-electron chi connectivity index (χ3n) is 2.41. The minimum atomic E-state index is -3.64. The molecule has 5 nitrogen and oxygen atoms in total. The maximum absolute atomic E-state index is 12.2. The SMILES string of the molecule is CCn1cc(NS(=O)(=O)c2ccc(Cl)c(Br)c2)cn1. The van der Waals surface area contributed by atoms with Crippen LogP contribution < -0.4 is 4.72 Å². The predicted octanol–water partition coefficient (Wildman–Crippen LogP) is 3.12. The van der Waals surface area contributed by atoms with Crippen molar-refractivity contribution in [1.82, 2.24) is 9.78 Å². The van der Waals surface area contributed by atoms with E-state index in [9.17, 15) is 8.42 Å². The van der Waals surface area contributed by atoms with E-state index in [1.165, 1.54) is 24.4 Å². The van der Waals surface area contributed by atoms with Crippen molar-refractivity contribution in [2.75, 3.05) is 4.72 Å². The highest BCUT2D eigenvalue weighted by molar-refractivity contribution is 9.10. The maximum atomic E-state index is 12.2. The van der Waals surface area contributed by atoms with Crippen LogP contribution in [-0.2, 0) is 16.6 Å². The lowest BCUT2D eigenvalue weighted by Gasteiger charge is -2.06. The van der Waals surface area contributed by atoms with Crippen LogP contribution in [0.4, 0.5) is 5.69 Å². The average molecular weight is 365 g/mol. The summed E-state index contributed by atoms with van der Waals surface area (Å²) in [6.07, 6.45) is 3.09. The van der Waals surface area contributed by atoms with Gasteiger partial charge in [-0.1, -0.05) is 11.6 Å². The van der Waals surface area contributed by atoms with E-state index in [0.717, 1.165) is 0 Å². The Morgan fingerprint density at radius 3 is 2.79 bits per heavy atom. The van der Waals surface area contributed by atoms with Crippen molar-refractivity contribution in [3.8, 4) is 0 Å². The van der Waals surface area contributed by atoms with Crippen molar-refractivity contribution in [1.29, 1.82) is 0 Å². The van der Waals surface area contributed by atoms with Gasteiger partial charge in [0.05, 0.1) is 21.8 Å². The lowest BCUT2D eigenvalue weighted by Crippen LogP contribution is -2.12. The molecule has 0 saturated heterocycles. The van der Waals surface area contributed by atoms with Gasteiger partial charge < -0.3 is 0 Å². The second-order valence-corrected chi connectivity index (χ2v) is 6.71. The molecule has 1 aromatic carbocycles. The first kappa shape index (κ1) is 14.4. The normalized spacial score (nSPS) is 11.5. The van der Waals surface area contributed by atoms with Gasteiger partial charge >= 0.3 is 0 Å². The topological polar surface area (TPSA) is 64.0 Å². The van der Waals surface area contributed by atoms with Gasteiger partial charge in [-0.2, -0.15) is 5.10 Å². The summed E-state index contributed by atoms with van der Waals surface area (Å²) in [7, 11) is -3.64. The molecule has 8 heteroatoms. The number of nitrogens with zero attached hydrogens (tertiary/aromatic N) is 2. The summed E-state index contributed by atoms with van der Waals surface area (Å²) in [6, 6.07) is 4.42. The fourth-order valence-corrected chi connectivity index (χ4v) is 3.15. The van der Waals surface area contributed by atoms with Gasteiger partial charge in [-0.25, -0.2) is 8.42 Å². The van der Waals surface area contributed by atoms with Crippen LogP contribution in [0.25, 0.3) is 0 Å². The summed E-state index contributed by atoms with van der Waals surface area (Å²) < 4.78 is 28.9. The third-order valence-corrected chi connectivity index (χ3v) is 5.00. The van der Waals surface area contributed by atoms with Crippen LogP contribution >= 0.6 is 27.5 Å². The van der Waals surface area contributed by atoms with E-state index in [-0.39, 0.29) is 4.90 Å². The van der Waals surface area contributed by atoms with Crippen molar-refractivity contribution in [2.24, 2.45) is 0 Å². The van der Waals surface area contributed by atoms with Gasteiger partial charge in [0, 0.05) is 17.2 Å². The van der Waals surface area contributed by atoms with Gasteiger partial charge in [0.15, 0.2) is 0 Å². The molecule has 0 aliphatic carbocycles. The molecule has 0 amide bonds. The molecule has 0 fully saturated rings. The standard InChI is InChI=1S/C11H11BrClN3O2S/c1-2-16-7-8(6-14-16)15-19(17,18)9-3-4-11(13)10(12)5-9/h3-7,15H,2H2,1H3. The number of sulfonamides is 1. The molecule has 1 aromatic heterocycles. The summed E-state index contributed by atoms with van der Waals surface area (Å²) in [5.74, 6) is 0. The second-order valence-electron chi connectivity index (χ2n) is 3.77. The summed E-state index contributed by atoms with van der Waals surface area (Å²) in [6.45, 7) is 2.59. The Hall–Kier alpha value is -1.05. The van der Waals surface area contributed by atoms with Crippen LogP contribution in [0.5, 0.6) is 0 Å². The maximum Gasteiger partial charge on any atom is 0.262 e. The molecule has 102 valence electrons. The highest BCUT2D eigenvalue weighted by Crippen LogP contribution is 2.26. The fourth-order valence-electron chi connectivity index (χ4n) is 1.45. The van der Waals surface area contributed by atoms with Crippen molar-refractivity contribution >= 4 is 43.2 Å².